The highest BCUT2D eigenvalue weighted by atomic mass is 15.2. The Hall–Kier alpha value is -0.520. The normalized spacial score (nSPS) is 15.6. The van der Waals surface area contributed by atoms with Gasteiger partial charge in [0.2, 0.25) is 0 Å². The molecule has 0 heterocycles. The number of hydrogen-bond acceptors (Lipinski definition) is 2. The Balaban J connectivity index is 3.87. The Morgan fingerprint density at radius 2 is 1.86 bits per heavy atom. The molecule has 0 saturated carbocycles. The molecule has 2 nitrogen and oxygen atoms in total. The van der Waals surface area contributed by atoms with Crippen LogP contribution in [-0.4, -0.2) is 37.1 Å². The molecule has 0 aliphatic rings. The van der Waals surface area contributed by atoms with Crippen LogP contribution in [-0.2, 0) is 0 Å². The van der Waals surface area contributed by atoms with Crippen LogP contribution in [0.25, 0.3) is 0 Å². The van der Waals surface area contributed by atoms with E-state index in [9.17, 15) is 0 Å². The molecule has 0 bridgehead atoms. The summed E-state index contributed by atoms with van der Waals surface area (Å²) in [4.78, 5) is 2.40. The van der Waals surface area contributed by atoms with E-state index in [-0.39, 0.29) is 0 Å². The third-order valence-electron chi connectivity index (χ3n) is 2.97. The zero-order valence-electron chi connectivity index (χ0n) is 10.2. The van der Waals surface area contributed by atoms with E-state index in [0.717, 1.165) is 6.54 Å². The highest BCUT2D eigenvalue weighted by Crippen LogP contribution is 2.10. The number of rotatable bonds is 6. The predicted octanol–water partition coefficient (Wildman–Crippen LogP) is 1.57. The largest absolute Gasteiger partial charge is 0.305 e. The van der Waals surface area contributed by atoms with E-state index in [2.05, 4.69) is 50.9 Å². The fraction of sp³-hybridized carbons (Fsp3) is 0.833. The summed E-state index contributed by atoms with van der Waals surface area (Å²) in [6.45, 7) is 10.6. The van der Waals surface area contributed by atoms with Gasteiger partial charge in [0.15, 0.2) is 0 Å². The molecule has 0 spiro atoms. The molecule has 0 fully saturated rings. The molecule has 2 atom stereocenters. The quantitative estimate of drug-likeness (QED) is 0.512. The van der Waals surface area contributed by atoms with Crippen LogP contribution in [0.4, 0.5) is 0 Å². The Morgan fingerprint density at radius 3 is 2.29 bits per heavy atom. The molecule has 0 aliphatic carbocycles. The molecule has 2 heteroatoms. The van der Waals surface area contributed by atoms with Crippen molar-refractivity contribution in [2.75, 3.05) is 20.1 Å². The van der Waals surface area contributed by atoms with Crippen molar-refractivity contribution in [1.29, 1.82) is 0 Å². The molecule has 14 heavy (non-hydrogen) atoms. The first-order valence-corrected chi connectivity index (χ1v) is 5.36. The highest BCUT2D eigenvalue weighted by Gasteiger charge is 2.17. The summed E-state index contributed by atoms with van der Waals surface area (Å²) in [7, 11) is 2.17. The zero-order valence-corrected chi connectivity index (χ0v) is 10.2. The molecule has 2 unspecified atom stereocenters. The first-order chi connectivity index (χ1) is 6.50. The predicted molar refractivity (Wildman–Crippen MR) is 63.2 cm³/mol. The summed E-state index contributed by atoms with van der Waals surface area (Å²) in [5, 5.41) is 3.23. The number of likely N-dealkylation sites (N-methyl/N-ethyl adjacent to an activating group) is 1. The van der Waals surface area contributed by atoms with Gasteiger partial charge in [0.1, 0.15) is 0 Å². The monoisotopic (exact) mass is 196 g/mol. The van der Waals surface area contributed by atoms with Gasteiger partial charge in [-0.2, -0.15) is 0 Å². The van der Waals surface area contributed by atoms with E-state index in [1.165, 1.54) is 0 Å². The molecule has 0 aromatic rings. The van der Waals surface area contributed by atoms with Crippen LogP contribution in [0.15, 0.2) is 0 Å². The fourth-order valence-electron chi connectivity index (χ4n) is 1.37. The van der Waals surface area contributed by atoms with Gasteiger partial charge in [-0.25, -0.2) is 0 Å². The lowest BCUT2D eigenvalue weighted by atomic mass is 10.0. The lowest BCUT2D eigenvalue weighted by Gasteiger charge is -2.33. The van der Waals surface area contributed by atoms with Crippen LogP contribution in [0.2, 0.25) is 0 Å². The molecule has 0 saturated heterocycles. The maximum absolute atomic E-state index is 5.17. The van der Waals surface area contributed by atoms with Gasteiger partial charge in [0, 0.05) is 18.6 Å². The standard InChI is InChI=1S/C12H24N2/c1-7-8-13-9-11(4)14(6)12(5)10(2)3/h1,10-13H,8-9H2,2-6H3. The van der Waals surface area contributed by atoms with Crippen LogP contribution in [0.3, 0.4) is 0 Å². The van der Waals surface area contributed by atoms with Gasteiger partial charge in [0.05, 0.1) is 6.54 Å². The highest BCUT2D eigenvalue weighted by molar-refractivity contribution is 4.87. The van der Waals surface area contributed by atoms with Gasteiger partial charge < -0.3 is 5.32 Å². The second-order valence-electron chi connectivity index (χ2n) is 4.33. The van der Waals surface area contributed by atoms with Gasteiger partial charge in [-0.05, 0) is 26.8 Å². The number of hydrogen-bond donors (Lipinski definition) is 1. The molecule has 0 radical (unpaired) electrons. The van der Waals surface area contributed by atoms with Crippen molar-refractivity contribution in [1.82, 2.24) is 10.2 Å². The van der Waals surface area contributed by atoms with Crippen LogP contribution in [0, 0.1) is 18.3 Å². The topological polar surface area (TPSA) is 15.3 Å². The first-order valence-electron chi connectivity index (χ1n) is 5.36. The average Bonchev–Trinajstić information content (AvgIpc) is 2.15. The first kappa shape index (κ1) is 13.5. The van der Waals surface area contributed by atoms with Gasteiger partial charge in [-0.15, -0.1) is 6.42 Å². The van der Waals surface area contributed by atoms with Crippen LogP contribution in [0.1, 0.15) is 27.7 Å². The Morgan fingerprint density at radius 1 is 1.29 bits per heavy atom. The summed E-state index contributed by atoms with van der Waals surface area (Å²) >= 11 is 0. The summed E-state index contributed by atoms with van der Waals surface area (Å²) in [5.41, 5.74) is 0. The van der Waals surface area contributed by atoms with Crippen LogP contribution < -0.4 is 5.32 Å². The van der Waals surface area contributed by atoms with Gasteiger partial charge in [0.25, 0.3) is 0 Å². The van der Waals surface area contributed by atoms with Crippen molar-refractivity contribution in [3.63, 3.8) is 0 Å². The van der Waals surface area contributed by atoms with E-state index in [4.69, 9.17) is 6.42 Å². The minimum atomic E-state index is 0.528. The van der Waals surface area contributed by atoms with Gasteiger partial charge in [-0.1, -0.05) is 19.8 Å². The maximum Gasteiger partial charge on any atom is 0.0574 e. The molecule has 0 amide bonds. The molecular weight excluding hydrogens is 172 g/mol. The smallest absolute Gasteiger partial charge is 0.0574 e. The van der Waals surface area contributed by atoms with E-state index in [1.807, 2.05) is 0 Å². The van der Waals surface area contributed by atoms with E-state index in [1.54, 1.807) is 0 Å². The summed E-state index contributed by atoms with van der Waals surface area (Å²) in [6.07, 6.45) is 5.17. The zero-order chi connectivity index (χ0) is 11.1. The Labute approximate surface area is 89.1 Å². The van der Waals surface area contributed by atoms with Crippen molar-refractivity contribution in [3.05, 3.63) is 0 Å². The fourth-order valence-corrected chi connectivity index (χ4v) is 1.37. The molecular formula is C12H24N2. The van der Waals surface area contributed by atoms with E-state index in [0.29, 0.717) is 24.5 Å². The number of nitrogens with one attached hydrogen (secondary N) is 1. The van der Waals surface area contributed by atoms with Crippen molar-refractivity contribution < 1.29 is 0 Å². The molecule has 82 valence electrons. The molecule has 1 N–H and O–H groups in total. The lowest BCUT2D eigenvalue weighted by molar-refractivity contribution is 0.156. The lowest BCUT2D eigenvalue weighted by Crippen LogP contribution is -2.44. The Kier molecular flexibility index (Phi) is 6.61. The van der Waals surface area contributed by atoms with E-state index >= 15 is 0 Å². The third-order valence-corrected chi connectivity index (χ3v) is 2.97. The summed E-state index contributed by atoms with van der Waals surface area (Å²) < 4.78 is 0. The summed E-state index contributed by atoms with van der Waals surface area (Å²) in [6, 6.07) is 1.14. The minimum absolute atomic E-state index is 0.528. The molecule has 0 aromatic heterocycles. The maximum atomic E-state index is 5.17. The van der Waals surface area contributed by atoms with Gasteiger partial charge >= 0.3 is 0 Å². The van der Waals surface area contributed by atoms with E-state index < -0.39 is 0 Å². The second kappa shape index (κ2) is 6.86. The van der Waals surface area contributed by atoms with Crippen molar-refractivity contribution in [3.8, 4) is 12.3 Å². The van der Waals surface area contributed by atoms with Crippen molar-refractivity contribution in [2.24, 2.45) is 5.92 Å². The molecule has 0 rings (SSSR count). The van der Waals surface area contributed by atoms with Crippen molar-refractivity contribution >= 4 is 0 Å². The molecule has 0 aliphatic heterocycles. The third kappa shape index (κ3) is 4.64. The van der Waals surface area contributed by atoms with Crippen LogP contribution >= 0.6 is 0 Å². The number of nitrogens with zero attached hydrogens (tertiary/aromatic N) is 1. The Bertz CT molecular complexity index is 181. The minimum Gasteiger partial charge on any atom is -0.305 e. The van der Waals surface area contributed by atoms with Gasteiger partial charge in [-0.3, -0.25) is 4.90 Å². The van der Waals surface area contributed by atoms with Crippen molar-refractivity contribution in [2.45, 2.75) is 39.8 Å². The van der Waals surface area contributed by atoms with Crippen LogP contribution in [0.5, 0.6) is 0 Å². The molecule has 0 aromatic carbocycles. The second-order valence-corrected chi connectivity index (χ2v) is 4.33. The SMILES string of the molecule is C#CCNCC(C)N(C)C(C)C(C)C. The number of terminal acetylenes is 1. The average molecular weight is 196 g/mol. The summed E-state index contributed by atoms with van der Waals surface area (Å²) in [5.74, 6) is 3.27.